The molecule has 1 aromatic heterocycles. The number of aliphatic carboxylic acids is 1. The van der Waals surface area contributed by atoms with Crippen LogP contribution in [0.1, 0.15) is 38.1 Å². The maximum Gasteiger partial charge on any atom is 0.316 e. The number of anilines is 1. The van der Waals surface area contributed by atoms with Gasteiger partial charge in [-0.3, -0.25) is 14.4 Å². The molecule has 2 amide bonds. The van der Waals surface area contributed by atoms with Crippen LogP contribution in [0.15, 0.2) is 0 Å². The molecule has 0 radical (unpaired) electrons. The van der Waals surface area contributed by atoms with Crippen molar-refractivity contribution in [1.29, 1.82) is 0 Å². The van der Waals surface area contributed by atoms with Gasteiger partial charge >= 0.3 is 5.97 Å². The fraction of sp³-hybridized carbons (Fsp3) is 0.615. The third-order valence-electron chi connectivity index (χ3n) is 3.21. The first-order valence-electron chi connectivity index (χ1n) is 7.01. The number of amides is 2. The Bertz CT molecular complexity index is 590. The third kappa shape index (κ3) is 3.64. The molecule has 2 heterocycles. The molecular formula is C13H17N3O4S2. The summed E-state index contributed by atoms with van der Waals surface area (Å²) in [6, 6.07) is 0. The maximum absolute atomic E-state index is 12.3. The molecule has 7 nitrogen and oxygen atoms in total. The van der Waals surface area contributed by atoms with E-state index in [1.807, 2.05) is 0 Å². The van der Waals surface area contributed by atoms with E-state index in [1.165, 1.54) is 18.3 Å². The van der Waals surface area contributed by atoms with Crippen molar-refractivity contribution in [2.24, 2.45) is 0 Å². The zero-order chi connectivity index (χ0) is 16.3. The van der Waals surface area contributed by atoms with E-state index in [0.29, 0.717) is 0 Å². The molecule has 2 atom stereocenters. The summed E-state index contributed by atoms with van der Waals surface area (Å²) in [5.74, 6) is -1.75. The summed E-state index contributed by atoms with van der Waals surface area (Å²) < 4.78 is 0. The van der Waals surface area contributed by atoms with Gasteiger partial charge in [-0.2, -0.15) is 0 Å². The molecule has 120 valence electrons. The second kappa shape index (κ2) is 7.19. The number of unbranched alkanes of at least 4 members (excludes halogenated alkanes) is 1. The standard InChI is InChI=1S/C13H17N3O4S2/c1-3-4-5-9-14-15-13(22-9)16-10(17)6-8(11(16)18)21-7(2)12(19)20/h7-8H,3-6H2,1-2H3,(H,19,20). The zero-order valence-electron chi connectivity index (χ0n) is 12.3. The number of imide groups is 1. The van der Waals surface area contributed by atoms with Gasteiger partial charge in [-0.1, -0.05) is 24.7 Å². The minimum atomic E-state index is -0.999. The van der Waals surface area contributed by atoms with Crippen molar-refractivity contribution in [2.75, 3.05) is 4.90 Å². The third-order valence-corrected chi connectivity index (χ3v) is 5.49. The largest absolute Gasteiger partial charge is 0.480 e. The number of carboxylic acids is 1. The molecule has 0 saturated carbocycles. The van der Waals surface area contributed by atoms with Crippen molar-refractivity contribution in [2.45, 2.75) is 50.0 Å². The fourth-order valence-electron chi connectivity index (χ4n) is 1.98. The van der Waals surface area contributed by atoms with Crippen molar-refractivity contribution in [3.8, 4) is 0 Å². The normalized spacial score (nSPS) is 19.7. The highest BCUT2D eigenvalue weighted by molar-refractivity contribution is 8.01. The highest BCUT2D eigenvalue weighted by atomic mass is 32.2. The summed E-state index contributed by atoms with van der Waals surface area (Å²) in [6.45, 7) is 3.57. The van der Waals surface area contributed by atoms with Gasteiger partial charge in [0.15, 0.2) is 0 Å². The Morgan fingerprint density at radius 2 is 2.23 bits per heavy atom. The molecule has 1 N–H and O–H groups in total. The lowest BCUT2D eigenvalue weighted by atomic mass is 10.3. The number of hydrogen-bond acceptors (Lipinski definition) is 7. The van der Waals surface area contributed by atoms with Gasteiger partial charge in [-0.05, 0) is 13.3 Å². The van der Waals surface area contributed by atoms with Crippen LogP contribution in [0.5, 0.6) is 0 Å². The molecule has 1 aliphatic heterocycles. The van der Waals surface area contributed by atoms with Crippen LogP contribution in [0.2, 0.25) is 0 Å². The van der Waals surface area contributed by atoms with E-state index in [-0.39, 0.29) is 17.5 Å². The number of aryl methyl sites for hydroxylation is 1. The summed E-state index contributed by atoms with van der Waals surface area (Å²) >= 11 is 2.23. The molecule has 2 unspecified atom stereocenters. The van der Waals surface area contributed by atoms with E-state index in [2.05, 4.69) is 17.1 Å². The number of hydrogen-bond donors (Lipinski definition) is 1. The Labute approximate surface area is 136 Å². The lowest BCUT2D eigenvalue weighted by Gasteiger charge is -2.12. The monoisotopic (exact) mass is 343 g/mol. The van der Waals surface area contributed by atoms with Crippen LogP contribution in [-0.4, -0.2) is 43.6 Å². The highest BCUT2D eigenvalue weighted by Crippen LogP contribution is 2.33. The second-order valence-electron chi connectivity index (χ2n) is 4.96. The molecule has 1 saturated heterocycles. The number of nitrogens with zero attached hydrogens (tertiary/aromatic N) is 3. The number of carbonyl (C=O) groups excluding carboxylic acids is 2. The second-order valence-corrected chi connectivity index (χ2v) is 7.55. The van der Waals surface area contributed by atoms with Crippen LogP contribution < -0.4 is 4.90 Å². The molecular weight excluding hydrogens is 326 g/mol. The first-order chi connectivity index (χ1) is 10.4. The van der Waals surface area contributed by atoms with Crippen LogP contribution in [0.3, 0.4) is 0 Å². The number of carbonyl (C=O) groups is 3. The minimum absolute atomic E-state index is 0.00495. The molecule has 1 aromatic rings. The van der Waals surface area contributed by atoms with Crippen LogP contribution in [0.25, 0.3) is 0 Å². The smallest absolute Gasteiger partial charge is 0.316 e. The van der Waals surface area contributed by atoms with E-state index in [1.54, 1.807) is 0 Å². The first-order valence-corrected chi connectivity index (χ1v) is 8.77. The summed E-state index contributed by atoms with van der Waals surface area (Å²) in [4.78, 5) is 36.3. The van der Waals surface area contributed by atoms with Crippen molar-refractivity contribution < 1.29 is 19.5 Å². The van der Waals surface area contributed by atoms with Gasteiger partial charge in [-0.15, -0.1) is 22.0 Å². The van der Waals surface area contributed by atoms with E-state index < -0.39 is 22.4 Å². The van der Waals surface area contributed by atoms with Crippen LogP contribution in [0, 0.1) is 0 Å². The molecule has 0 aliphatic carbocycles. The SMILES string of the molecule is CCCCc1nnc(N2C(=O)CC(SC(C)C(=O)O)C2=O)s1. The summed E-state index contributed by atoms with van der Waals surface area (Å²) in [6.07, 6.45) is 2.79. The Morgan fingerprint density at radius 1 is 1.50 bits per heavy atom. The van der Waals surface area contributed by atoms with Gasteiger partial charge in [0.05, 0.1) is 5.25 Å². The molecule has 9 heteroatoms. The van der Waals surface area contributed by atoms with Crippen molar-refractivity contribution in [1.82, 2.24) is 10.2 Å². The van der Waals surface area contributed by atoms with E-state index >= 15 is 0 Å². The fourth-order valence-corrected chi connectivity index (χ4v) is 3.95. The van der Waals surface area contributed by atoms with Crippen LogP contribution >= 0.6 is 23.1 Å². The molecule has 2 rings (SSSR count). The Balaban J connectivity index is 2.08. The predicted molar refractivity (Wildman–Crippen MR) is 84.1 cm³/mol. The Morgan fingerprint density at radius 3 is 2.86 bits per heavy atom. The number of aromatic nitrogens is 2. The molecule has 1 aliphatic rings. The number of thioether (sulfide) groups is 1. The van der Waals surface area contributed by atoms with Crippen molar-refractivity contribution in [3.05, 3.63) is 5.01 Å². The molecule has 0 spiro atoms. The predicted octanol–water partition coefficient (Wildman–Crippen LogP) is 1.72. The Kier molecular flexibility index (Phi) is 5.52. The quantitative estimate of drug-likeness (QED) is 0.752. The Hall–Kier alpha value is -1.48. The average Bonchev–Trinajstić information content (AvgIpc) is 3.02. The summed E-state index contributed by atoms with van der Waals surface area (Å²) in [5.41, 5.74) is 0. The minimum Gasteiger partial charge on any atom is -0.480 e. The lowest BCUT2D eigenvalue weighted by molar-refractivity contribution is -0.136. The van der Waals surface area contributed by atoms with E-state index in [0.717, 1.165) is 40.9 Å². The van der Waals surface area contributed by atoms with Crippen LogP contribution in [-0.2, 0) is 20.8 Å². The summed E-state index contributed by atoms with van der Waals surface area (Å²) in [5, 5.41) is 16.5. The van der Waals surface area contributed by atoms with Crippen molar-refractivity contribution in [3.63, 3.8) is 0 Å². The molecule has 0 aromatic carbocycles. The lowest BCUT2D eigenvalue weighted by Crippen LogP contribution is -2.31. The van der Waals surface area contributed by atoms with E-state index in [9.17, 15) is 14.4 Å². The average molecular weight is 343 g/mol. The molecule has 22 heavy (non-hydrogen) atoms. The highest BCUT2D eigenvalue weighted by Gasteiger charge is 2.42. The van der Waals surface area contributed by atoms with Crippen LogP contribution in [0.4, 0.5) is 5.13 Å². The first kappa shape index (κ1) is 16.9. The van der Waals surface area contributed by atoms with Gasteiger partial charge < -0.3 is 5.11 Å². The number of rotatable bonds is 7. The maximum atomic E-state index is 12.3. The zero-order valence-corrected chi connectivity index (χ0v) is 13.9. The number of carboxylic acid groups (broad SMARTS) is 1. The van der Waals surface area contributed by atoms with E-state index in [4.69, 9.17) is 5.11 Å². The van der Waals surface area contributed by atoms with Gasteiger partial charge in [0.1, 0.15) is 10.3 Å². The van der Waals surface area contributed by atoms with Gasteiger partial charge in [0.25, 0.3) is 0 Å². The summed E-state index contributed by atoms with van der Waals surface area (Å²) in [7, 11) is 0. The molecule has 1 fully saturated rings. The van der Waals surface area contributed by atoms with Gasteiger partial charge in [-0.25, -0.2) is 4.90 Å². The molecule has 0 bridgehead atoms. The van der Waals surface area contributed by atoms with Gasteiger partial charge in [0, 0.05) is 12.8 Å². The topological polar surface area (TPSA) is 100 Å². The van der Waals surface area contributed by atoms with Crippen molar-refractivity contribution >= 4 is 46.0 Å². The van der Waals surface area contributed by atoms with Gasteiger partial charge in [0.2, 0.25) is 16.9 Å².